The van der Waals surface area contributed by atoms with Gasteiger partial charge in [-0.15, -0.1) is 5.10 Å². The highest BCUT2D eigenvalue weighted by Gasteiger charge is 2.17. The van der Waals surface area contributed by atoms with Crippen LogP contribution in [0.3, 0.4) is 0 Å². The van der Waals surface area contributed by atoms with E-state index >= 15 is 0 Å². The number of carbonyl (C=O) groups excluding carboxylic acids is 1. The summed E-state index contributed by atoms with van der Waals surface area (Å²) in [5.41, 5.74) is 1.91. The highest BCUT2D eigenvalue weighted by molar-refractivity contribution is 6.30. The molecule has 112 valence electrons. The Labute approximate surface area is 130 Å². The van der Waals surface area contributed by atoms with Crippen molar-refractivity contribution < 1.29 is 9.21 Å². The molecule has 3 rings (SSSR count). The van der Waals surface area contributed by atoms with Gasteiger partial charge in [-0.3, -0.25) is 14.8 Å². The van der Waals surface area contributed by atoms with Crippen LogP contribution in [0.25, 0.3) is 11.5 Å². The van der Waals surface area contributed by atoms with E-state index in [-0.39, 0.29) is 11.9 Å². The molecule has 0 aliphatic rings. The van der Waals surface area contributed by atoms with Crippen molar-refractivity contribution in [1.82, 2.24) is 20.0 Å². The minimum atomic E-state index is -0.358. The van der Waals surface area contributed by atoms with Crippen molar-refractivity contribution in [3.05, 3.63) is 46.7 Å². The van der Waals surface area contributed by atoms with Crippen molar-refractivity contribution in [2.24, 2.45) is 7.05 Å². The Morgan fingerprint density at radius 3 is 2.64 bits per heavy atom. The molecule has 0 saturated carbocycles. The summed E-state index contributed by atoms with van der Waals surface area (Å²) in [4.78, 5) is 12.2. The first-order valence-electron chi connectivity index (χ1n) is 6.44. The summed E-state index contributed by atoms with van der Waals surface area (Å²) in [5, 5.41) is 14.9. The second kappa shape index (κ2) is 5.61. The standard InChI is InChI=1S/C14H12ClN5O2/c1-8-7-16-20(2)11(8)12(21)17-14-19-18-13(22-14)9-3-5-10(15)6-4-9/h3-7H,1-2H3,(H,17,19,21). The maximum Gasteiger partial charge on any atom is 0.322 e. The monoisotopic (exact) mass is 317 g/mol. The zero-order valence-electron chi connectivity index (χ0n) is 11.9. The number of benzene rings is 1. The number of hydrogen-bond acceptors (Lipinski definition) is 5. The van der Waals surface area contributed by atoms with E-state index < -0.39 is 0 Å². The zero-order chi connectivity index (χ0) is 15.7. The first kappa shape index (κ1) is 14.3. The Balaban J connectivity index is 1.80. The van der Waals surface area contributed by atoms with Crippen molar-refractivity contribution in [2.45, 2.75) is 6.92 Å². The molecule has 0 fully saturated rings. The molecule has 0 aliphatic heterocycles. The summed E-state index contributed by atoms with van der Waals surface area (Å²) in [7, 11) is 1.69. The van der Waals surface area contributed by atoms with Crippen LogP contribution in [0.5, 0.6) is 0 Å². The highest BCUT2D eigenvalue weighted by Crippen LogP contribution is 2.22. The number of aromatic nitrogens is 4. The fourth-order valence-corrected chi connectivity index (χ4v) is 2.14. The van der Waals surface area contributed by atoms with E-state index in [2.05, 4.69) is 20.6 Å². The van der Waals surface area contributed by atoms with Gasteiger partial charge in [0.1, 0.15) is 5.69 Å². The Kier molecular flexibility index (Phi) is 3.64. The Bertz CT molecular complexity index is 803. The lowest BCUT2D eigenvalue weighted by Gasteiger charge is -2.02. The van der Waals surface area contributed by atoms with Crippen LogP contribution in [0.15, 0.2) is 34.9 Å². The lowest BCUT2D eigenvalue weighted by molar-refractivity contribution is 0.101. The normalized spacial score (nSPS) is 10.7. The van der Waals surface area contributed by atoms with Gasteiger partial charge in [-0.2, -0.15) is 5.10 Å². The van der Waals surface area contributed by atoms with Crippen molar-refractivity contribution in [3.63, 3.8) is 0 Å². The highest BCUT2D eigenvalue weighted by atomic mass is 35.5. The molecule has 0 aliphatic carbocycles. The van der Waals surface area contributed by atoms with Crippen LogP contribution in [-0.4, -0.2) is 25.9 Å². The fraction of sp³-hybridized carbons (Fsp3) is 0.143. The predicted molar refractivity (Wildman–Crippen MR) is 80.6 cm³/mol. The summed E-state index contributed by atoms with van der Waals surface area (Å²) in [6, 6.07) is 6.98. The molecule has 0 radical (unpaired) electrons. The quantitative estimate of drug-likeness (QED) is 0.802. The maximum absolute atomic E-state index is 12.2. The van der Waals surface area contributed by atoms with Gasteiger partial charge in [0.15, 0.2) is 0 Å². The van der Waals surface area contributed by atoms with Gasteiger partial charge in [-0.25, -0.2) is 0 Å². The van der Waals surface area contributed by atoms with Gasteiger partial charge in [0.2, 0.25) is 5.89 Å². The SMILES string of the molecule is Cc1cnn(C)c1C(=O)Nc1nnc(-c2ccc(Cl)cc2)o1. The van der Waals surface area contributed by atoms with Gasteiger partial charge in [0.25, 0.3) is 5.91 Å². The third kappa shape index (κ3) is 2.71. The molecule has 0 saturated heterocycles. The average molecular weight is 318 g/mol. The van der Waals surface area contributed by atoms with Gasteiger partial charge in [-0.05, 0) is 36.8 Å². The molecule has 3 aromatic rings. The molecule has 1 N–H and O–H groups in total. The van der Waals surface area contributed by atoms with Crippen LogP contribution in [0.4, 0.5) is 6.01 Å². The molecule has 1 aromatic carbocycles. The van der Waals surface area contributed by atoms with Crippen molar-refractivity contribution >= 4 is 23.5 Å². The van der Waals surface area contributed by atoms with Crippen molar-refractivity contribution in [1.29, 1.82) is 0 Å². The second-order valence-corrected chi connectivity index (χ2v) is 5.11. The van der Waals surface area contributed by atoms with E-state index in [0.29, 0.717) is 22.2 Å². The number of anilines is 1. The minimum Gasteiger partial charge on any atom is -0.403 e. The van der Waals surface area contributed by atoms with Crippen LogP contribution in [-0.2, 0) is 7.05 Å². The van der Waals surface area contributed by atoms with Gasteiger partial charge in [0, 0.05) is 17.6 Å². The van der Waals surface area contributed by atoms with Crippen LogP contribution >= 0.6 is 11.6 Å². The molecule has 2 heterocycles. The van der Waals surface area contributed by atoms with Crippen molar-refractivity contribution in [3.8, 4) is 11.5 Å². The lowest BCUT2D eigenvalue weighted by atomic mass is 10.2. The van der Waals surface area contributed by atoms with Crippen molar-refractivity contribution in [2.75, 3.05) is 5.32 Å². The maximum atomic E-state index is 12.2. The zero-order valence-corrected chi connectivity index (χ0v) is 12.6. The Morgan fingerprint density at radius 2 is 2.00 bits per heavy atom. The minimum absolute atomic E-state index is 0.0237. The van der Waals surface area contributed by atoms with Gasteiger partial charge >= 0.3 is 6.01 Å². The number of hydrogen-bond donors (Lipinski definition) is 1. The largest absolute Gasteiger partial charge is 0.403 e. The van der Waals surface area contributed by atoms with E-state index in [1.807, 2.05) is 0 Å². The molecule has 0 bridgehead atoms. The number of nitrogens with one attached hydrogen (secondary N) is 1. The number of rotatable bonds is 3. The molecule has 2 aromatic heterocycles. The third-order valence-electron chi connectivity index (χ3n) is 3.07. The molecule has 0 unspecified atom stereocenters. The average Bonchev–Trinajstić information content (AvgIpc) is 3.07. The first-order chi connectivity index (χ1) is 10.5. The van der Waals surface area contributed by atoms with Crippen LogP contribution in [0.2, 0.25) is 5.02 Å². The molecule has 22 heavy (non-hydrogen) atoms. The summed E-state index contributed by atoms with van der Waals surface area (Å²) < 4.78 is 6.92. The van der Waals surface area contributed by atoms with Gasteiger partial charge < -0.3 is 4.42 Å². The van der Waals surface area contributed by atoms with E-state index in [0.717, 1.165) is 5.56 Å². The lowest BCUT2D eigenvalue weighted by Crippen LogP contribution is -2.17. The van der Waals surface area contributed by atoms with E-state index in [9.17, 15) is 4.79 Å². The smallest absolute Gasteiger partial charge is 0.322 e. The van der Waals surface area contributed by atoms with Crippen LogP contribution in [0.1, 0.15) is 16.1 Å². The summed E-state index contributed by atoms with van der Waals surface area (Å²) in [6.45, 7) is 1.80. The third-order valence-corrected chi connectivity index (χ3v) is 3.33. The molecule has 8 heteroatoms. The molecule has 0 atom stereocenters. The summed E-state index contributed by atoms with van der Waals surface area (Å²) >= 11 is 5.83. The van der Waals surface area contributed by atoms with Gasteiger partial charge in [-0.1, -0.05) is 16.7 Å². The van der Waals surface area contributed by atoms with Crippen LogP contribution in [0, 0.1) is 6.92 Å². The van der Waals surface area contributed by atoms with Crippen LogP contribution < -0.4 is 5.32 Å². The Hall–Kier alpha value is -2.67. The number of aryl methyl sites for hydroxylation is 2. The predicted octanol–water partition coefficient (Wildman–Crippen LogP) is 2.68. The molecule has 0 spiro atoms. The number of amides is 1. The fourth-order valence-electron chi connectivity index (χ4n) is 2.01. The summed E-state index contributed by atoms with van der Waals surface area (Å²) in [6.07, 6.45) is 1.61. The molecule has 1 amide bonds. The topological polar surface area (TPSA) is 85.8 Å². The van der Waals surface area contributed by atoms with Gasteiger partial charge in [0.05, 0.1) is 6.20 Å². The second-order valence-electron chi connectivity index (χ2n) is 4.67. The number of halogens is 1. The molecular weight excluding hydrogens is 306 g/mol. The van der Waals surface area contributed by atoms with E-state index in [4.69, 9.17) is 16.0 Å². The number of nitrogens with zero attached hydrogens (tertiary/aromatic N) is 4. The van der Waals surface area contributed by atoms with E-state index in [1.54, 1.807) is 44.4 Å². The Morgan fingerprint density at radius 1 is 1.27 bits per heavy atom. The number of carbonyl (C=O) groups is 1. The molecular formula is C14H12ClN5O2. The summed E-state index contributed by atoms with van der Waals surface area (Å²) in [5.74, 6) is -0.0579. The van der Waals surface area contributed by atoms with E-state index in [1.165, 1.54) is 4.68 Å². The first-order valence-corrected chi connectivity index (χ1v) is 6.82. The molecule has 7 nitrogen and oxygen atoms in total.